The van der Waals surface area contributed by atoms with E-state index >= 15 is 0 Å². The van der Waals surface area contributed by atoms with Gasteiger partial charge in [0, 0.05) is 23.2 Å². The van der Waals surface area contributed by atoms with Crippen LogP contribution in [0.15, 0.2) is 42.5 Å². The molecular formula is C18H15Cl2FN2O2. The molecule has 1 heterocycles. The maximum Gasteiger partial charge on any atom is 0.247 e. The molecule has 1 N–H and O–H groups in total. The Labute approximate surface area is 154 Å². The normalized spacial score (nSPS) is 19.7. The second kappa shape index (κ2) is 7.42. The van der Waals surface area contributed by atoms with Crippen molar-refractivity contribution in [2.75, 3.05) is 11.9 Å². The maximum atomic E-state index is 14.4. The predicted octanol–water partition coefficient (Wildman–Crippen LogP) is 4.09. The number of hydrogen-bond donors (Lipinski definition) is 1. The highest BCUT2D eigenvalue weighted by Crippen LogP contribution is 2.36. The Kier molecular flexibility index (Phi) is 5.25. The molecule has 25 heavy (non-hydrogen) atoms. The average Bonchev–Trinajstić information content (AvgIpc) is 3.01. The fourth-order valence-electron chi connectivity index (χ4n) is 3.18. The highest BCUT2D eigenvalue weighted by atomic mass is 35.5. The van der Waals surface area contributed by atoms with Gasteiger partial charge in [-0.15, -0.1) is 0 Å². The lowest BCUT2D eigenvalue weighted by Gasteiger charge is -2.25. The molecule has 3 rings (SSSR count). The Morgan fingerprint density at radius 1 is 1.24 bits per heavy atom. The van der Waals surface area contributed by atoms with Gasteiger partial charge in [0.05, 0.1) is 5.02 Å². The molecule has 2 aromatic carbocycles. The van der Waals surface area contributed by atoms with Gasteiger partial charge in [0.25, 0.3) is 0 Å². The van der Waals surface area contributed by atoms with Crippen LogP contribution in [0.1, 0.15) is 17.9 Å². The van der Waals surface area contributed by atoms with Crippen LogP contribution in [-0.4, -0.2) is 29.8 Å². The first kappa shape index (κ1) is 17.7. The van der Waals surface area contributed by atoms with Gasteiger partial charge in [0.2, 0.25) is 12.3 Å². The molecule has 130 valence electrons. The summed E-state index contributed by atoms with van der Waals surface area (Å²) < 4.78 is 14.4. The molecule has 1 saturated heterocycles. The quantitative estimate of drug-likeness (QED) is 0.812. The minimum absolute atomic E-state index is 0.00366. The van der Waals surface area contributed by atoms with E-state index in [0.717, 1.165) is 0 Å². The number of likely N-dealkylation sites (tertiary alicyclic amines) is 1. The van der Waals surface area contributed by atoms with Crippen LogP contribution in [0.5, 0.6) is 0 Å². The zero-order valence-electron chi connectivity index (χ0n) is 13.1. The molecule has 2 unspecified atom stereocenters. The van der Waals surface area contributed by atoms with Crippen LogP contribution in [0.25, 0.3) is 0 Å². The van der Waals surface area contributed by atoms with Crippen molar-refractivity contribution in [3.8, 4) is 0 Å². The third-order valence-electron chi connectivity index (χ3n) is 4.31. The lowest BCUT2D eigenvalue weighted by molar-refractivity contribution is -0.128. The zero-order chi connectivity index (χ0) is 18.0. The molecular weight excluding hydrogens is 366 g/mol. The predicted molar refractivity (Wildman–Crippen MR) is 95.4 cm³/mol. The monoisotopic (exact) mass is 380 g/mol. The standard InChI is InChI=1S/C18H15Cl2FN2O2/c19-11-3-1-4-12(9-11)22-18(25)17-14(7-8-23(17)10-24)13-5-2-6-15(20)16(13)21/h1-6,9-10,14,17H,7-8H2,(H,22,25). The fourth-order valence-corrected chi connectivity index (χ4v) is 3.55. The lowest BCUT2D eigenvalue weighted by atomic mass is 9.90. The van der Waals surface area contributed by atoms with E-state index in [9.17, 15) is 14.0 Å². The van der Waals surface area contributed by atoms with Gasteiger partial charge >= 0.3 is 0 Å². The summed E-state index contributed by atoms with van der Waals surface area (Å²) >= 11 is 11.8. The van der Waals surface area contributed by atoms with Gasteiger partial charge in [0.1, 0.15) is 11.9 Å². The van der Waals surface area contributed by atoms with Crippen molar-refractivity contribution in [3.05, 3.63) is 63.9 Å². The second-order valence-corrected chi connectivity index (χ2v) is 6.67. The van der Waals surface area contributed by atoms with Gasteiger partial charge in [0.15, 0.2) is 0 Å². The summed E-state index contributed by atoms with van der Waals surface area (Å²) in [5.41, 5.74) is 0.851. The van der Waals surface area contributed by atoms with Crippen molar-refractivity contribution in [1.82, 2.24) is 4.90 Å². The van der Waals surface area contributed by atoms with Crippen LogP contribution in [0.3, 0.4) is 0 Å². The molecule has 2 amide bonds. The number of hydrogen-bond acceptors (Lipinski definition) is 2. The van der Waals surface area contributed by atoms with Crippen molar-refractivity contribution < 1.29 is 14.0 Å². The Hall–Kier alpha value is -2.11. The fraction of sp³-hybridized carbons (Fsp3) is 0.222. The largest absolute Gasteiger partial charge is 0.333 e. The van der Waals surface area contributed by atoms with Crippen LogP contribution >= 0.6 is 23.2 Å². The molecule has 2 aromatic rings. The minimum Gasteiger partial charge on any atom is -0.333 e. The summed E-state index contributed by atoms with van der Waals surface area (Å²) in [6, 6.07) is 10.6. The molecule has 0 aromatic heterocycles. The number of rotatable bonds is 4. The van der Waals surface area contributed by atoms with Crippen LogP contribution in [-0.2, 0) is 9.59 Å². The maximum absolute atomic E-state index is 14.4. The minimum atomic E-state index is -0.815. The van der Waals surface area contributed by atoms with E-state index in [1.165, 1.54) is 11.0 Å². The summed E-state index contributed by atoms with van der Waals surface area (Å²) in [4.78, 5) is 25.5. The summed E-state index contributed by atoms with van der Waals surface area (Å²) in [6.45, 7) is 0.369. The number of nitrogens with zero attached hydrogens (tertiary/aromatic N) is 1. The Morgan fingerprint density at radius 2 is 2.00 bits per heavy atom. The molecule has 0 spiro atoms. The van der Waals surface area contributed by atoms with Crippen LogP contribution in [0, 0.1) is 5.82 Å². The Balaban J connectivity index is 1.90. The molecule has 7 heteroatoms. The zero-order valence-corrected chi connectivity index (χ0v) is 14.6. The lowest BCUT2D eigenvalue weighted by Crippen LogP contribution is -2.41. The highest BCUT2D eigenvalue weighted by Gasteiger charge is 2.41. The summed E-state index contributed by atoms with van der Waals surface area (Å²) in [5, 5.41) is 3.22. The summed E-state index contributed by atoms with van der Waals surface area (Å²) in [5.74, 6) is -1.42. The first-order chi connectivity index (χ1) is 12.0. The number of benzene rings is 2. The molecule has 4 nitrogen and oxygen atoms in total. The molecule has 0 aliphatic carbocycles. The molecule has 1 aliphatic heterocycles. The third kappa shape index (κ3) is 3.62. The van der Waals surface area contributed by atoms with Crippen LogP contribution in [0.4, 0.5) is 10.1 Å². The van der Waals surface area contributed by atoms with Crippen LogP contribution in [0.2, 0.25) is 10.0 Å². The van der Waals surface area contributed by atoms with E-state index in [-0.39, 0.29) is 5.02 Å². The number of carbonyl (C=O) groups excluding carboxylic acids is 2. The van der Waals surface area contributed by atoms with Crippen LogP contribution < -0.4 is 5.32 Å². The van der Waals surface area contributed by atoms with Crippen molar-refractivity contribution >= 4 is 41.2 Å². The number of nitrogens with one attached hydrogen (secondary N) is 1. The number of carbonyl (C=O) groups is 2. The second-order valence-electron chi connectivity index (χ2n) is 5.83. The number of halogens is 3. The number of amides is 2. The van der Waals surface area contributed by atoms with Gasteiger partial charge < -0.3 is 10.2 Å². The van der Waals surface area contributed by atoms with Crippen molar-refractivity contribution in [2.45, 2.75) is 18.4 Å². The number of anilines is 1. The first-order valence-electron chi connectivity index (χ1n) is 7.72. The van der Waals surface area contributed by atoms with Gasteiger partial charge in [-0.05, 0) is 36.2 Å². The van der Waals surface area contributed by atoms with Gasteiger partial charge in [-0.25, -0.2) is 4.39 Å². The van der Waals surface area contributed by atoms with Crippen molar-refractivity contribution in [2.24, 2.45) is 0 Å². The topological polar surface area (TPSA) is 49.4 Å². The van der Waals surface area contributed by atoms with E-state index in [0.29, 0.717) is 35.6 Å². The van der Waals surface area contributed by atoms with Crippen molar-refractivity contribution in [3.63, 3.8) is 0 Å². The van der Waals surface area contributed by atoms with E-state index in [1.807, 2.05) is 0 Å². The van der Waals surface area contributed by atoms with Gasteiger partial charge in [-0.2, -0.15) is 0 Å². The average molecular weight is 381 g/mol. The van der Waals surface area contributed by atoms with E-state index < -0.39 is 23.7 Å². The molecule has 1 aliphatic rings. The van der Waals surface area contributed by atoms with E-state index in [2.05, 4.69) is 5.32 Å². The van der Waals surface area contributed by atoms with E-state index in [1.54, 1.807) is 36.4 Å². The summed E-state index contributed by atoms with van der Waals surface area (Å²) in [6.07, 6.45) is 1.09. The van der Waals surface area contributed by atoms with Gasteiger partial charge in [-0.1, -0.05) is 41.4 Å². The van der Waals surface area contributed by atoms with E-state index in [4.69, 9.17) is 23.2 Å². The molecule has 0 radical (unpaired) electrons. The highest BCUT2D eigenvalue weighted by molar-refractivity contribution is 6.31. The molecule has 0 saturated carbocycles. The molecule has 2 atom stereocenters. The SMILES string of the molecule is O=CN1CCC(c2cccc(Cl)c2F)C1C(=O)Nc1cccc(Cl)c1. The van der Waals surface area contributed by atoms with Crippen molar-refractivity contribution in [1.29, 1.82) is 0 Å². The summed E-state index contributed by atoms with van der Waals surface area (Å²) in [7, 11) is 0. The van der Waals surface area contributed by atoms with Gasteiger partial charge in [-0.3, -0.25) is 9.59 Å². The molecule has 1 fully saturated rings. The first-order valence-corrected chi connectivity index (χ1v) is 8.48. The molecule has 0 bridgehead atoms. The smallest absolute Gasteiger partial charge is 0.247 e. The Morgan fingerprint density at radius 3 is 2.72 bits per heavy atom. The Bertz CT molecular complexity index is 815. The third-order valence-corrected chi connectivity index (χ3v) is 4.84.